The van der Waals surface area contributed by atoms with E-state index in [0.717, 1.165) is 36.4 Å². The third-order valence-electron chi connectivity index (χ3n) is 3.07. The molecule has 0 aliphatic rings. The zero-order valence-electron chi connectivity index (χ0n) is 12.0. The molecule has 2 rings (SSSR count). The topological polar surface area (TPSA) is 21.3 Å². The van der Waals surface area contributed by atoms with Crippen LogP contribution in [0.2, 0.25) is 10.0 Å². The van der Waals surface area contributed by atoms with Gasteiger partial charge in [-0.15, -0.1) is 0 Å². The molecule has 2 aromatic carbocycles. The lowest BCUT2D eigenvalue weighted by Gasteiger charge is -2.13. The van der Waals surface area contributed by atoms with Crippen molar-refractivity contribution in [1.82, 2.24) is 0 Å². The number of hydrogen-bond donors (Lipinski definition) is 1. The van der Waals surface area contributed by atoms with Crippen molar-refractivity contribution in [3.05, 3.63) is 58.1 Å². The number of hydrogen-bond acceptors (Lipinski definition) is 2. The second-order valence-electron chi connectivity index (χ2n) is 4.82. The molecule has 0 atom stereocenters. The molecule has 0 unspecified atom stereocenters. The number of unbranched alkanes of at least 4 members (excludes halogenated alkanes) is 1. The highest BCUT2D eigenvalue weighted by atomic mass is 35.5. The molecular weight excluding hydrogens is 305 g/mol. The maximum atomic E-state index is 6.00. The summed E-state index contributed by atoms with van der Waals surface area (Å²) >= 11 is 12.0. The summed E-state index contributed by atoms with van der Waals surface area (Å²) in [6.45, 7) is 3.56. The maximum Gasteiger partial charge on any atom is 0.124 e. The predicted molar refractivity (Wildman–Crippen MR) is 90.6 cm³/mol. The lowest BCUT2D eigenvalue weighted by atomic mass is 10.2. The largest absolute Gasteiger partial charge is 0.493 e. The fourth-order valence-electron chi connectivity index (χ4n) is 1.97. The third kappa shape index (κ3) is 5.14. The lowest BCUT2D eigenvalue weighted by Crippen LogP contribution is -2.04. The first-order valence-electron chi connectivity index (χ1n) is 7.09. The average Bonchev–Trinajstić information content (AvgIpc) is 2.45. The average molecular weight is 324 g/mol. The third-order valence-corrected chi connectivity index (χ3v) is 3.51. The van der Waals surface area contributed by atoms with Gasteiger partial charge < -0.3 is 10.1 Å². The van der Waals surface area contributed by atoms with Gasteiger partial charge in [0.25, 0.3) is 0 Å². The summed E-state index contributed by atoms with van der Waals surface area (Å²) in [5.41, 5.74) is 2.01. The lowest BCUT2D eigenvalue weighted by molar-refractivity contribution is 0.306. The number of benzene rings is 2. The molecule has 4 heteroatoms. The van der Waals surface area contributed by atoms with Gasteiger partial charge in [-0.25, -0.2) is 0 Å². The first kappa shape index (κ1) is 16.0. The van der Waals surface area contributed by atoms with Crippen molar-refractivity contribution in [3.63, 3.8) is 0 Å². The second kappa shape index (κ2) is 8.16. The van der Waals surface area contributed by atoms with E-state index >= 15 is 0 Å². The predicted octanol–water partition coefficient (Wildman–Crippen LogP) is 5.78. The molecule has 1 N–H and O–H groups in total. The highest BCUT2D eigenvalue weighted by Crippen LogP contribution is 2.24. The van der Waals surface area contributed by atoms with Gasteiger partial charge in [-0.05, 0) is 30.7 Å². The van der Waals surface area contributed by atoms with Crippen molar-refractivity contribution in [2.75, 3.05) is 11.9 Å². The Morgan fingerprint density at radius 1 is 1.05 bits per heavy atom. The van der Waals surface area contributed by atoms with E-state index in [1.807, 2.05) is 30.3 Å². The molecule has 0 radical (unpaired) electrons. The smallest absolute Gasteiger partial charge is 0.124 e. The molecule has 112 valence electrons. The minimum absolute atomic E-state index is 0.623. The van der Waals surface area contributed by atoms with Gasteiger partial charge in [-0.2, -0.15) is 0 Å². The minimum atomic E-state index is 0.623. The van der Waals surface area contributed by atoms with E-state index in [2.05, 4.69) is 18.3 Å². The number of ether oxygens (including phenoxy) is 1. The van der Waals surface area contributed by atoms with Crippen molar-refractivity contribution in [2.24, 2.45) is 0 Å². The van der Waals surface area contributed by atoms with E-state index in [4.69, 9.17) is 27.9 Å². The first-order chi connectivity index (χ1) is 10.2. The standard InChI is InChI=1S/C17H19Cl2NO/c1-2-3-8-21-17-7-5-4-6-13(17)12-20-16-10-14(18)9-15(19)11-16/h4-7,9-11,20H,2-3,8,12H2,1H3. The molecule has 0 heterocycles. The molecule has 0 spiro atoms. The summed E-state index contributed by atoms with van der Waals surface area (Å²) in [5.74, 6) is 0.923. The van der Waals surface area contributed by atoms with Gasteiger partial charge in [0, 0.05) is 27.8 Å². The van der Waals surface area contributed by atoms with Crippen LogP contribution in [0.15, 0.2) is 42.5 Å². The molecule has 2 nitrogen and oxygen atoms in total. The summed E-state index contributed by atoms with van der Waals surface area (Å²) in [6.07, 6.45) is 2.19. The molecule has 0 amide bonds. The molecule has 2 aromatic rings. The summed E-state index contributed by atoms with van der Waals surface area (Å²) in [5, 5.41) is 4.57. The molecule has 0 aliphatic carbocycles. The highest BCUT2D eigenvalue weighted by molar-refractivity contribution is 6.35. The number of nitrogens with one attached hydrogen (secondary N) is 1. The Morgan fingerprint density at radius 3 is 2.48 bits per heavy atom. The molecular formula is C17H19Cl2NO. The molecule has 0 saturated carbocycles. The van der Waals surface area contributed by atoms with Crippen LogP contribution >= 0.6 is 23.2 Å². The van der Waals surface area contributed by atoms with Gasteiger partial charge in [0.1, 0.15) is 5.75 Å². The van der Waals surface area contributed by atoms with Crippen molar-refractivity contribution in [3.8, 4) is 5.75 Å². The zero-order valence-corrected chi connectivity index (χ0v) is 13.5. The zero-order chi connectivity index (χ0) is 15.1. The van der Waals surface area contributed by atoms with Crippen LogP contribution in [-0.2, 0) is 6.54 Å². The monoisotopic (exact) mass is 323 g/mol. The number of para-hydroxylation sites is 1. The Kier molecular flexibility index (Phi) is 6.21. The van der Waals surface area contributed by atoms with Crippen LogP contribution in [0.5, 0.6) is 5.75 Å². The number of halogens is 2. The molecule has 0 aromatic heterocycles. The quantitative estimate of drug-likeness (QED) is 0.651. The molecule has 0 aliphatic heterocycles. The van der Waals surface area contributed by atoms with Crippen molar-refractivity contribution < 1.29 is 4.74 Å². The molecule has 0 bridgehead atoms. The van der Waals surface area contributed by atoms with Crippen LogP contribution in [0.25, 0.3) is 0 Å². The van der Waals surface area contributed by atoms with Gasteiger partial charge in [-0.1, -0.05) is 54.7 Å². The normalized spacial score (nSPS) is 10.4. The van der Waals surface area contributed by atoms with Crippen LogP contribution in [0.3, 0.4) is 0 Å². The summed E-state index contributed by atoms with van der Waals surface area (Å²) in [6, 6.07) is 13.5. The summed E-state index contributed by atoms with van der Waals surface area (Å²) < 4.78 is 5.82. The van der Waals surface area contributed by atoms with Crippen molar-refractivity contribution >= 4 is 28.9 Å². The van der Waals surface area contributed by atoms with Crippen LogP contribution in [0, 0.1) is 0 Å². The molecule has 0 saturated heterocycles. The second-order valence-corrected chi connectivity index (χ2v) is 5.69. The minimum Gasteiger partial charge on any atom is -0.493 e. The van der Waals surface area contributed by atoms with E-state index in [1.54, 1.807) is 6.07 Å². The Morgan fingerprint density at radius 2 is 1.76 bits per heavy atom. The van der Waals surface area contributed by atoms with E-state index in [0.29, 0.717) is 16.6 Å². The Hall–Kier alpha value is -1.38. The Bertz CT molecular complexity index is 567. The Balaban J connectivity index is 2.02. The van der Waals surface area contributed by atoms with Crippen LogP contribution in [-0.4, -0.2) is 6.61 Å². The molecule has 0 fully saturated rings. The van der Waals surface area contributed by atoms with E-state index in [9.17, 15) is 0 Å². The van der Waals surface area contributed by atoms with E-state index < -0.39 is 0 Å². The fraction of sp³-hybridized carbons (Fsp3) is 0.294. The Labute approximate surface area is 136 Å². The van der Waals surface area contributed by atoms with E-state index in [-0.39, 0.29) is 0 Å². The van der Waals surface area contributed by atoms with E-state index in [1.165, 1.54) is 0 Å². The van der Waals surface area contributed by atoms with Gasteiger partial charge >= 0.3 is 0 Å². The number of anilines is 1. The highest BCUT2D eigenvalue weighted by Gasteiger charge is 2.04. The van der Waals surface area contributed by atoms with Crippen LogP contribution in [0.4, 0.5) is 5.69 Å². The fourth-order valence-corrected chi connectivity index (χ4v) is 2.50. The van der Waals surface area contributed by atoms with Crippen molar-refractivity contribution in [1.29, 1.82) is 0 Å². The van der Waals surface area contributed by atoms with Gasteiger partial charge in [-0.3, -0.25) is 0 Å². The number of rotatable bonds is 7. The van der Waals surface area contributed by atoms with Gasteiger partial charge in [0.05, 0.1) is 6.61 Å². The maximum absolute atomic E-state index is 6.00. The van der Waals surface area contributed by atoms with Gasteiger partial charge in [0.2, 0.25) is 0 Å². The summed E-state index contributed by atoms with van der Waals surface area (Å²) in [7, 11) is 0. The van der Waals surface area contributed by atoms with Crippen LogP contribution in [0.1, 0.15) is 25.3 Å². The SMILES string of the molecule is CCCCOc1ccccc1CNc1cc(Cl)cc(Cl)c1. The first-order valence-corrected chi connectivity index (χ1v) is 7.85. The van der Waals surface area contributed by atoms with Crippen LogP contribution < -0.4 is 10.1 Å². The van der Waals surface area contributed by atoms with Crippen molar-refractivity contribution in [2.45, 2.75) is 26.3 Å². The molecule has 21 heavy (non-hydrogen) atoms. The van der Waals surface area contributed by atoms with Gasteiger partial charge in [0.15, 0.2) is 0 Å². The summed E-state index contributed by atoms with van der Waals surface area (Å²) in [4.78, 5) is 0.